The van der Waals surface area contributed by atoms with E-state index in [2.05, 4.69) is 46.0 Å². The van der Waals surface area contributed by atoms with Crippen LogP contribution in [0, 0.1) is 5.82 Å². The van der Waals surface area contributed by atoms with E-state index in [-0.39, 0.29) is 35.2 Å². The van der Waals surface area contributed by atoms with Crippen LogP contribution in [0.4, 0.5) is 4.39 Å². The molecule has 30 heavy (non-hydrogen) atoms. The third-order valence-corrected chi connectivity index (χ3v) is 6.17. The molecule has 0 amide bonds. The van der Waals surface area contributed by atoms with Crippen molar-refractivity contribution in [2.75, 3.05) is 33.1 Å². The number of halogens is 2. The van der Waals surface area contributed by atoms with Gasteiger partial charge in [0.05, 0.1) is 0 Å². The van der Waals surface area contributed by atoms with Gasteiger partial charge in [0, 0.05) is 44.5 Å². The molecule has 1 heterocycles. The molecule has 0 aromatic heterocycles. The highest BCUT2D eigenvalue weighted by atomic mass is 127. The van der Waals surface area contributed by atoms with Crippen LogP contribution < -0.4 is 10.6 Å². The fraction of sp³-hybridized carbons (Fsp3) is 0.435. The van der Waals surface area contributed by atoms with Crippen molar-refractivity contribution in [1.82, 2.24) is 10.6 Å². The monoisotopic (exact) mass is 543 g/mol. The van der Waals surface area contributed by atoms with Crippen molar-refractivity contribution in [2.24, 2.45) is 4.99 Å². The minimum atomic E-state index is -0.190. The molecule has 1 aliphatic rings. The summed E-state index contributed by atoms with van der Waals surface area (Å²) in [5, 5.41) is 6.90. The largest absolute Gasteiger partial charge is 0.381 e. The second-order valence-corrected chi connectivity index (χ2v) is 8.25. The molecule has 7 heteroatoms. The summed E-state index contributed by atoms with van der Waals surface area (Å²) in [4.78, 5) is 4.39. The SMILES string of the molecule is CN=C(NCc1ccc(F)cc1CSC)NCC1(c2ccccc2)CCOCC1.I. The van der Waals surface area contributed by atoms with Gasteiger partial charge in [0.15, 0.2) is 5.96 Å². The topological polar surface area (TPSA) is 45.7 Å². The summed E-state index contributed by atoms with van der Waals surface area (Å²) in [6.07, 6.45) is 3.99. The summed E-state index contributed by atoms with van der Waals surface area (Å²) in [7, 11) is 1.78. The highest BCUT2D eigenvalue weighted by molar-refractivity contribution is 14.0. The van der Waals surface area contributed by atoms with Crippen LogP contribution in [0.2, 0.25) is 0 Å². The van der Waals surface area contributed by atoms with E-state index in [4.69, 9.17) is 4.74 Å². The van der Waals surface area contributed by atoms with Gasteiger partial charge in [0.25, 0.3) is 0 Å². The zero-order valence-electron chi connectivity index (χ0n) is 17.6. The molecule has 1 aliphatic heterocycles. The van der Waals surface area contributed by atoms with Crippen LogP contribution in [0.25, 0.3) is 0 Å². The molecule has 1 fully saturated rings. The van der Waals surface area contributed by atoms with E-state index in [9.17, 15) is 4.39 Å². The van der Waals surface area contributed by atoms with Crippen LogP contribution in [0.1, 0.15) is 29.5 Å². The zero-order valence-corrected chi connectivity index (χ0v) is 20.8. The Kier molecular flexibility index (Phi) is 10.4. The molecule has 0 saturated carbocycles. The predicted octanol–water partition coefficient (Wildman–Crippen LogP) is 4.72. The molecule has 3 rings (SSSR count). The first kappa shape index (κ1) is 24.9. The van der Waals surface area contributed by atoms with E-state index in [0.29, 0.717) is 6.54 Å². The number of benzene rings is 2. The maximum absolute atomic E-state index is 13.6. The first-order valence-electron chi connectivity index (χ1n) is 10.0. The maximum Gasteiger partial charge on any atom is 0.191 e. The summed E-state index contributed by atoms with van der Waals surface area (Å²) >= 11 is 1.69. The van der Waals surface area contributed by atoms with Crippen molar-refractivity contribution < 1.29 is 9.13 Å². The summed E-state index contributed by atoms with van der Waals surface area (Å²) in [5.74, 6) is 1.36. The summed E-state index contributed by atoms with van der Waals surface area (Å²) in [6.45, 7) is 2.95. The van der Waals surface area contributed by atoms with E-state index < -0.39 is 0 Å². The molecular weight excluding hydrogens is 512 g/mol. The van der Waals surface area contributed by atoms with Crippen LogP contribution in [0.15, 0.2) is 53.5 Å². The maximum atomic E-state index is 13.6. The van der Waals surface area contributed by atoms with E-state index in [0.717, 1.165) is 55.4 Å². The van der Waals surface area contributed by atoms with Gasteiger partial charge >= 0.3 is 0 Å². The third-order valence-electron chi connectivity index (χ3n) is 5.57. The summed E-state index contributed by atoms with van der Waals surface area (Å²) in [6, 6.07) is 15.7. The Morgan fingerprint density at radius 2 is 1.83 bits per heavy atom. The number of nitrogens with one attached hydrogen (secondary N) is 2. The Hall–Kier alpha value is -1.32. The minimum absolute atomic E-state index is 0. The van der Waals surface area contributed by atoms with Gasteiger partial charge in [-0.05, 0) is 47.9 Å². The molecule has 0 unspecified atom stereocenters. The highest BCUT2D eigenvalue weighted by Crippen LogP contribution is 2.34. The first-order chi connectivity index (χ1) is 14.2. The Morgan fingerprint density at radius 1 is 1.10 bits per heavy atom. The molecular formula is C23H31FIN3OS. The Balaban J connectivity index is 0.00000320. The fourth-order valence-electron chi connectivity index (χ4n) is 3.83. The standard InChI is InChI=1S/C23H30FN3OS.HI/c1-25-22(26-15-18-8-9-21(24)14-19(18)16-29-2)27-17-23(10-12-28-13-11-23)20-6-4-3-5-7-20;/h3-9,14H,10-13,15-17H2,1-2H3,(H2,25,26,27);1H. The van der Waals surface area contributed by atoms with Crippen molar-refractivity contribution in [3.05, 3.63) is 71.0 Å². The Labute approximate surface area is 200 Å². The number of hydrogen-bond acceptors (Lipinski definition) is 3. The molecule has 1 saturated heterocycles. The van der Waals surface area contributed by atoms with Gasteiger partial charge in [-0.3, -0.25) is 4.99 Å². The molecule has 0 aliphatic carbocycles. The number of thioether (sulfide) groups is 1. The van der Waals surface area contributed by atoms with Crippen LogP contribution >= 0.6 is 35.7 Å². The molecule has 0 bridgehead atoms. The lowest BCUT2D eigenvalue weighted by Crippen LogP contribution is -2.48. The van der Waals surface area contributed by atoms with Gasteiger partial charge in [-0.25, -0.2) is 4.39 Å². The smallest absolute Gasteiger partial charge is 0.191 e. The van der Waals surface area contributed by atoms with Gasteiger partial charge in [-0.15, -0.1) is 24.0 Å². The molecule has 2 aromatic rings. The molecule has 0 spiro atoms. The lowest BCUT2D eigenvalue weighted by atomic mass is 9.74. The average Bonchev–Trinajstić information content (AvgIpc) is 2.76. The molecule has 0 atom stereocenters. The van der Waals surface area contributed by atoms with Gasteiger partial charge in [-0.2, -0.15) is 11.8 Å². The number of aliphatic imine (C=N–C) groups is 1. The number of hydrogen-bond donors (Lipinski definition) is 2. The third kappa shape index (κ3) is 6.59. The molecule has 4 nitrogen and oxygen atoms in total. The number of nitrogens with zero attached hydrogens (tertiary/aromatic N) is 1. The first-order valence-corrected chi connectivity index (χ1v) is 11.4. The highest BCUT2D eigenvalue weighted by Gasteiger charge is 2.34. The average molecular weight is 543 g/mol. The van der Waals surface area contributed by atoms with E-state index >= 15 is 0 Å². The quantitative estimate of drug-likeness (QED) is 0.302. The summed E-state index contributed by atoms with van der Waals surface area (Å²) < 4.78 is 19.2. The summed E-state index contributed by atoms with van der Waals surface area (Å²) in [5.41, 5.74) is 3.49. The van der Waals surface area contributed by atoms with Crippen LogP contribution in [-0.4, -0.2) is 39.0 Å². The second-order valence-electron chi connectivity index (χ2n) is 7.38. The lowest BCUT2D eigenvalue weighted by molar-refractivity contribution is 0.0514. The number of guanidine groups is 1. The Morgan fingerprint density at radius 3 is 2.50 bits per heavy atom. The van der Waals surface area contributed by atoms with Crippen molar-refractivity contribution in [2.45, 2.75) is 30.6 Å². The van der Waals surface area contributed by atoms with Gasteiger partial charge in [0.2, 0.25) is 0 Å². The van der Waals surface area contributed by atoms with Crippen molar-refractivity contribution in [1.29, 1.82) is 0 Å². The lowest BCUT2D eigenvalue weighted by Gasteiger charge is -2.38. The van der Waals surface area contributed by atoms with Gasteiger partial charge in [0.1, 0.15) is 5.82 Å². The van der Waals surface area contributed by atoms with Crippen molar-refractivity contribution in [3.63, 3.8) is 0 Å². The predicted molar refractivity (Wildman–Crippen MR) is 135 cm³/mol. The Bertz CT molecular complexity index is 813. The van der Waals surface area contributed by atoms with Crippen LogP contribution in [-0.2, 0) is 22.4 Å². The van der Waals surface area contributed by atoms with Crippen molar-refractivity contribution >= 4 is 41.7 Å². The molecule has 2 aromatic carbocycles. The van der Waals surface area contributed by atoms with E-state index in [1.165, 1.54) is 11.6 Å². The number of rotatable bonds is 7. The molecule has 0 radical (unpaired) electrons. The van der Waals surface area contributed by atoms with E-state index in [1.54, 1.807) is 24.9 Å². The normalized spacial score (nSPS) is 15.9. The number of ether oxygens (including phenoxy) is 1. The minimum Gasteiger partial charge on any atom is -0.381 e. The van der Waals surface area contributed by atoms with Gasteiger partial charge < -0.3 is 15.4 Å². The van der Waals surface area contributed by atoms with Gasteiger partial charge in [-0.1, -0.05) is 36.4 Å². The fourth-order valence-corrected chi connectivity index (χ4v) is 4.41. The second kappa shape index (κ2) is 12.5. The molecule has 2 N–H and O–H groups in total. The van der Waals surface area contributed by atoms with Crippen molar-refractivity contribution in [3.8, 4) is 0 Å². The zero-order chi connectivity index (χ0) is 20.5. The molecule has 164 valence electrons. The van der Waals surface area contributed by atoms with Crippen LogP contribution in [0.3, 0.4) is 0 Å². The van der Waals surface area contributed by atoms with E-state index in [1.807, 2.05) is 12.3 Å². The van der Waals surface area contributed by atoms with Crippen LogP contribution in [0.5, 0.6) is 0 Å².